The minimum atomic E-state index is -0.742. The third-order valence-electron chi connectivity index (χ3n) is 9.09. The summed E-state index contributed by atoms with van der Waals surface area (Å²) in [5.41, 5.74) is 6.62. The molecule has 1 saturated heterocycles. The third kappa shape index (κ3) is 5.60. The monoisotopic (exact) mass is 571 g/mol. The molecule has 3 atom stereocenters. The molecule has 0 spiro atoms. The lowest BCUT2D eigenvalue weighted by atomic mass is 9.82. The highest BCUT2D eigenvalue weighted by molar-refractivity contribution is 7.13. The second-order valence-corrected chi connectivity index (χ2v) is 12.6. The number of hydrogen-bond acceptors (Lipinski definition) is 6. The first kappa shape index (κ1) is 27.8. The number of carbonyl (C=O) groups excluding carboxylic acids is 3. The van der Waals surface area contributed by atoms with Crippen molar-refractivity contribution >= 4 is 28.9 Å². The number of aliphatic hydroxyl groups excluding tert-OH is 1. The van der Waals surface area contributed by atoms with Gasteiger partial charge in [0.05, 0.1) is 28.2 Å². The number of β-amino-alcohol motifs (C(OH)–C–C–N with tert-alkyl or cyclic N) is 1. The molecule has 1 aromatic heterocycles. The predicted octanol–water partition coefficient (Wildman–Crippen LogP) is 5.19. The molecule has 2 fully saturated rings. The second-order valence-electron chi connectivity index (χ2n) is 11.8. The van der Waals surface area contributed by atoms with Gasteiger partial charge in [0, 0.05) is 31.5 Å². The van der Waals surface area contributed by atoms with E-state index in [4.69, 9.17) is 0 Å². The molecule has 3 heterocycles. The highest BCUT2D eigenvalue weighted by Gasteiger charge is 2.47. The van der Waals surface area contributed by atoms with Crippen molar-refractivity contribution in [2.24, 2.45) is 5.92 Å². The summed E-state index contributed by atoms with van der Waals surface area (Å²) in [7, 11) is 0. The number of aliphatic hydroxyl groups is 1. The van der Waals surface area contributed by atoms with E-state index in [1.165, 1.54) is 0 Å². The summed E-state index contributed by atoms with van der Waals surface area (Å²) < 4.78 is 0. The fourth-order valence-electron chi connectivity index (χ4n) is 6.91. The number of ketones is 1. The minimum Gasteiger partial charge on any atom is -0.391 e. The molecule has 8 heteroatoms. The number of carbonyl (C=O) groups is 3. The molecule has 1 N–H and O–H groups in total. The number of benzene rings is 2. The Hall–Kier alpha value is -3.36. The Morgan fingerprint density at radius 3 is 2.54 bits per heavy atom. The van der Waals surface area contributed by atoms with Gasteiger partial charge in [0.1, 0.15) is 6.04 Å². The molecule has 2 aliphatic heterocycles. The first-order chi connectivity index (χ1) is 19.9. The maximum atomic E-state index is 14.3. The van der Waals surface area contributed by atoms with Crippen LogP contribution in [0, 0.1) is 12.8 Å². The van der Waals surface area contributed by atoms with Crippen LogP contribution < -0.4 is 0 Å². The van der Waals surface area contributed by atoms with Crippen molar-refractivity contribution in [3.05, 3.63) is 76.4 Å². The van der Waals surface area contributed by atoms with Gasteiger partial charge in [0.25, 0.3) is 5.91 Å². The largest absolute Gasteiger partial charge is 0.391 e. The minimum absolute atomic E-state index is 0.0318. The van der Waals surface area contributed by atoms with Crippen LogP contribution in [0.3, 0.4) is 0 Å². The van der Waals surface area contributed by atoms with E-state index in [1.54, 1.807) is 21.1 Å². The van der Waals surface area contributed by atoms with Crippen molar-refractivity contribution in [1.29, 1.82) is 0 Å². The molecular weight excluding hydrogens is 534 g/mol. The topological polar surface area (TPSA) is 90.8 Å². The number of aryl methyl sites for hydroxylation is 2. The van der Waals surface area contributed by atoms with Crippen molar-refractivity contribution in [3.8, 4) is 10.4 Å². The highest BCUT2D eigenvalue weighted by atomic mass is 32.1. The number of fused-ring (bicyclic) bond motifs is 1. The summed E-state index contributed by atoms with van der Waals surface area (Å²) in [6.07, 6.45) is 5.37. The Morgan fingerprint density at radius 2 is 1.83 bits per heavy atom. The average Bonchev–Trinajstić information content (AvgIpc) is 3.70. The van der Waals surface area contributed by atoms with E-state index in [1.807, 2.05) is 48.8 Å². The summed E-state index contributed by atoms with van der Waals surface area (Å²) in [5, 5.41) is 10.6. The number of thiazole rings is 1. The lowest BCUT2D eigenvalue weighted by Gasteiger charge is -2.39. The molecule has 7 nitrogen and oxygen atoms in total. The summed E-state index contributed by atoms with van der Waals surface area (Å²) in [6, 6.07) is 14.5. The van der Waals surface area contributed by atoms with Gasteiger partial charge in [0.15, 0.2) is 5.78 Å². The van der Waals surface area contributed by atoms with E-state index in [9.17, 15) is 19.5 Å². The van der Waals surface area contributed by atoms with Gasteiger partial charge in [0.2, 0.25) is 5.91 Å². The normalized spacial score (nSPS) is 21.8. The van der Waals surface area contributed by atoms with E-state index in [-0.39, 0.29) is 36.5 Å². The van der Waals surface area contributed by atoms with Gasteiger partial charge in [-0.15, -0.1) is 11.3 Å². The Morgan fingerprint density at radius 1 is 1.07 bits per heavy atom. The molecule has 6 rings (SSSR count). The molecule has 2 aromatic carbocycles. The van der Waals surface area contributed by atoms with Crippen LogP contribution in [0.15, 0.2) is 54.0 Å². The van der Waals surface area contributed by atoms with Crippen LogP contribution in [0.5, 0.6) is 0 Å². The number of amides is 2. The van der Waals surface area contributed by atoms with E-state index in [0.29, 0.717) is 24.9 Å². The van der Waals surface area contributed by atoms with Gasteiger partial charge in [-0.25, -0.2) is 4.98 Å². The zero-order valence-corrected chi connectivity index (χ0v) is 24.3. The number of Topliss-reactive ketones (excluding diaryl/α,β-unsaturated/α-hetero) is 1. The van der Waals surface area contributed by atoms with Crippen LogP contribution in [0.25, 0.3) is 10.4 Å². The van der Waals surface area contributed by atoms with Gasteiger partial charge in [-0.05, 0) is 54.9 Å². The van der Waals surface area contributed by atoms with Crippen LogP contribution in [0.1, 0.15) is 72.1 Å². The quantitative estimate of drug-likeness (QED) is 0.402. The molecule has 1 aliphatic carbocycles. The summed E-state index contributed by atoms with van der Waals surface area (Å²) in [5.74, 6) is -0.263. The molecule has 2 amide bonds. The molecular formula is C33H37N3O4S. The SMILES string of the molecule is Cc1ncsc1-c1ccc(CCC(=O)[C@@H]2C[C@@H](O)CN2C(=O)C(C2CCCCC2)N2Cc3ccccc3C2=O)cc1. The molecule has 0 bridgehead atoms. The molecule has 214 valence electrons. The molecule has 1 saturated carbocycles. The van der Waals surface area contributed by atoms with Crippen molar-refractivity contribution in [2.45, 2.75) is 83.0 Å². The van der Waals surface area contributed by atoms with Gasteiger partial charge in [-0.2, -0.15) is 0 Å². The van der Waals surface area contributed by atoms with Crippen LogP contribution in [0.4, 0.5) is 0 Å². The molecule has 1 unspecified atom stereocenters. The molecule has 3 aromatic rings. The van der Waals surface area contributed by atoms with E-state index >= 15 is 0 Å². The summed E-state index contributed by atoms with van der Waals surface area (Å²) in [4.78, 5) is 50.2. The maximum absolute atomic E-state index is 14.3. The first-order valence-electron chi connectivity index (χ1n) is 14.8. The average molecular weight is 572 g/mol. The Bertz CT molecular complexity index is 1430. The Labute approximate surface area is 245 Å². The van der Waals surface area contributed by atoms with Crippen LogP contribution in [0.2, 0.25) is 0 Å². The van der Waals surface area contributed by atoms with Gasteiger partial charge in [-0.1, -0.05) is 61.7 Å². The van der Waals surface area contributed by atoms with E-state index in [2.05, 4.69) is 17.1 Å². The molecule has 0 radical (unpaired) electrons. The van der Waals surface area contributed by atoms with Crippen molar-refractivity contribution < 1.29 is 19.5 Å². The third-order valence-corrected chi connectivity index (χ3v) is 10.1. The van der Waals surface area contributed by atoms with Crippen LogP contribution >= 0.6 is 11.3 Å². The zero-order chi connectivity index (χ0) is 28.5. The maximum Gasteiger partial charge on any atom is 0.255 e. The van der Waals surface area contributed by atoms with Crippen LogP contribution in [-0.2, 0) is 22.6 Å². The smallest absolute Gasteiger partial charge is 0.255 e. The van der Waals surface area contributed by atoms with Crippen LogP contribution in [-0.4, -0.2) is 62.2 Å². The second kappa shape index (κ2) is 11.9. The van der Waals surface area contributed by atoms with E-state index in [0.717, 1.165) is 59.4 Å². The van der Waals surface area contributed by atoms with Gasteiger partial charge >= 0.3 is 0 Å². The van der Waals surface area contributed by atoms with Crippen molar-refractivity contribution in [3.63, 3.8) is 0 Å². The number of rotatable bonds is 8. The van der Waals surface area contributed by atoms with Crippen molar-refractivity contribution in [1.82, 2.24) is 14.8 Å². The zero-order valence-electron chi connectivity index (χ0n) is 23.5. The first-order valence-corrected chi connectivity index (χ1v) is 15.7. The number of nitrogens with zero attached hydrogens (tertiary/aromatic N) is 3. The fourth-order valence-corrected chi connectivity index (χ4v) is 7.72. The lowest BCUT2D eigenvalue weighted by Crippen LogP contribution is -2.55. The Balaban J connectivity index is 1.17. The molecule has 3 aliphatic rings. The standard InChI is InChI=1S/C33H37N3O4S/c1-21-31(41-20-34-21)24-14-11-22(12-15-24)13-16-29(38)28-17-26(37)19-35(28)33(40)30(23-7-3-2-4-8-23)36-18-25-9-5-6-10-27(25)32(36)39/h5-6,9-12,14-15,20,23,26,28,30,37H,2-4,7-8,13,16-19H2,1H3/t26-,28+,30?/m1/s1. The number of likely N-dealkylation sites (tertiary alicyclic amines) is 1. The molecule has 41 heavy (non-hydrogen) atoms. The lowest BCUT2D eigenvalue weighted by molar-refractivity contribution is -0.143. The fraction of sp³-hybridized carbons (Fsp3) is 0.455. The van der Waals surface area contributed by atoms with Crippen molar-refractivity contribution in [2.75, 3.05) is 6.54 Å². The highest BCUT2D eigenvalue weighted by Crippen LogP contribution is 2.36. The number of hydrogen-bond donors (Lipinski definition) is 1. The Kier molecular flexibility index (Phi) is 8.04. The van der Waals surface area contributed by atoms with Gasteiger partial charge < -0.3 is 14.9 Å². The number of aromatic nitrogens is 1. The van der Waals surface area contributed by atoms with Gasteiger partial charge in [-0.3, -0.25) is 14.4 Å². The predicted molar refractivity (Wildman–Crippen MR) is 158 cm³/mol. The van der Waals surface area contributed by atoms with E-state index < -0.39 is 18.2 Å². The summed E-state index contributed by atoms with van der Waals surface area (Å²) >= 11 is 1.61. The summed E-state index contributed by atoms with van der Waals surface area (Å²) in [6.45, 7) is 2.54.